The van der Waals surface area contributed by atoms with Crippen molar-refractivity contribution in [2.75, 3.05) is 11.5 Å². The third-order valence-corrected chi connectivity index (χ3v) is 8.29. The predicted molar refractivity (Wildman–Crippen MR) is 124 cm³/mol. The minimum atomic E-state index is -0.604. The van der Waals surface area contributed by atoms with Crippen molar-refractivity contribution in [3.05, 3.63) is 35.1 Å². The zero-order valence-electron chi connectivity index (χ0n) is 18.0. The van der Waals surface area contributed by atoms with E-state index in [4.69, 9.17) is 40.8 Å². The molecule has 3 aromatic rings. The highest BCUT2D eigenvalue weighted by atomic mass is 35.5. The second-order valence-corrected chi connectivity index (χ2v) is 11.1. The first-order valence-corrected chi connectivity index (χ1v) is 13.2. The van der Waals surface area contributed by atoms with Gasteiger partial charge in [0, 0.05) is 29.2 Å². The number of halogens is 1. The Morgan fingerprint density at radius 3 is 2.71 bits per heavy atom. The molecule has 1 aromatic carbocycles. The lowest BCUT2D eigenvalue weighted by atomic mass is 10.1. The Balaban J connectivity index is 1.13. The molecule has 2 saturated heterocycles. The first-order valence-electron chi connectivity index (χ1n) is 11.0. The van der Waals surface area contributed by atoms with E-state index in [1.54, 1.807) is 12.1 Å². The maximum Gasteiger partial charge on any atom is 0.258 e. The van der Waals surface area contributed by atoms with Crippen molar-refractivity contribution >= 4 is 39.8 Å². The minimum Gasteiger partial charge on any atom is -0.374 e. The van der Waals surface area contributed by atoms with Crippen LogP contribution in [0, 0.1) is 0 Å². The van der Waals surface area contributed by atoms with Crippen molar-refractivity contribution in [1.29, 1.82) is 0 Å². The van der Waals surface area contributed by atoms with Crippen LogP contribution in [-0.4, -0.2) is 56.5 Å². The number of fused-ring (bicyclic) bond motifs is 1. The molecule has 1 aliphatic carbocycles. The number of nitrogen functional groups attached to an aromatic ring is 1. The number of hydrogen-bond acceptors (Lipinski definition) is 12. The highest BCUT2D eigenvalue weighted by molar-refractivity contribution is 8.01. The van der Waals surface area contributed by atoms with Crippen molar-refractivity contribution in [3.8, 4) is 11.5 Å². The van der Waals surface area contributed by atoms with E-state index in [0.717, 1.165) is 35.6 Å². The molecular weight excluding hydrogens is 502 g/mol. The largest absolute Gasteiger partial charge is 0.374 e. The molecule has 3 aliphatic rings. The zero-order valence-corrected chi connectivity index (χ0v) is 20.4. The average Bonchev–Trinajstić information content (AvgIpc) is 3.64. The molecule has 4 atom stereocenters. The van der Waals surface area contributed by atoms with Gasteiger partial charge in [-0.15, -0.1) is 10.2 Å². The van der Waals surface area contributed by atoms with E-state index in [1.165, 1.54) is 23.1 Å². The van der Waals surface area contributed by atoms with Crippen LogP contribution in [0.25, 0.3) is 11.5 Å². The molecule has 4 heterocycles. The average molecular weight is 524 g/mol. The summed E-state index contributed by atoms with van der Waals surface area (Å²) in [6.45, 7) is 0.119. The summed E-state index contributed by atoms with van der Waals surface area (Å²) in [5, 5.41) is 13.1. The molecule has 2 aliphatic heterocycles. The number of rotatable bonds is 7. The molecule has 2 aromatic heterocycles. The van der Waals surface area contributed by atoms with E-state index in [9.17, 15) is 0 Å². The summed E-state index contributed by atoms with van der Waals surface area (Å²) < 4.78 is 31.3. The van der Waals surface area contributed by atoms with Gasteiger partial charge in [-0.3, -0.25) is 0 Å². The molecule has 13 heteroatoms. The Kier molecular flexibility index (Phi) is 6.22. The van der Waals surface area contributed by atoms with E-state index in [2.05, 4.69) is 20.3 Å². The lowest BCUT2D eigenvalue weighted by Crippen LogP contribution is -2.33. The van der Waals surface area contributed by atoms with Crippen LogP contribution in [0.1, 0.15) is 31.5 Å². The Hall–Kier alpha value is -1.80. The number of ether oxygens (including phenoxy) is 4. The highest BCUT2D eigenvalue weighted by Gasteiger charge is 2.59. The van der Waals surface area contributed by atoms with Gasteiger partial charge in [-0.1, -0.05) is 39.9 Å². The molecule has 34 heavy (non-hydrogen) atoms. The number of aromatic nitrogens is 4. The first-order chi connectivity index (χ1) is 16.6. The summed E-state index contributed by atoms with van der Waals surface area (Å²) in [6, 6.07) is 7.19. The number of nitrogens with two attached hydrogens (primary N) is 1. The number of thioether (sulfide) groups is 1. The van der Waals surface area contributed by atoms with E-state index < -0.39 is 12.1 Å². The number of anilines is 1. The molecule has 0 amide bonds. The summed E-state index contributed by atoms with van der Waals surface area (Å²) >= 11 is 8.84. The topological polar surface area (TPSA) is 128 Å². The molecule has 3 fully saturated rings. The van der Waals surface area contributed by atoms with Crippen LogP contribution in [0.15, 0.2) is 33.1 Å². The van der Waals surface area contributed by atoms with Crippen molar-refractivity contribution in [3.63, 3.8) is 0 Å². The molecule has 10 nitrogen and oxygen atoms in total. The third-order valence-electron chi connectivity index (χ3n) is 6.06. The smallest absolute Gasteiger partial charge is 0.258 e. The molecule has 6 rings (SSSR count). The van der Waals surface area contributed by atoms with Crippen LogP contribution in [0.5, 0.6) is 0 Å². The Bertz CT molecular complexity index is 1140. The van der Waals surface area contributed by atoms with Gasteiger partial charge in [-0.05, 0) is 37.1 Å². The van der Waals surface area contributed by atoms with Gasteiger partial charge in [-0.2, -0.15) is 4.98 Å². The fourth-order valence-electron chi connectivity index (χ4n) is 4.51. The van der Waals surface area contributed by atoms with Gasteiger partial charge in [0.2, 0.25) is 5.13 Å². The van der Waals surface area contributed by atoms with Gasteiger partial charge in [0.05, 0.1) is 6.10 Å². The molecule has 1 saturated carbocycles. The molecule has 180 valence electrons. The molecule has 2 N–H and O–H groups in total. The SMILES string of the molecule is Nc1nnc(SC[C@H]2O[C@@H](OCc3noc(-c4ccc(Cl)cc4)n3)[C@@H]3OC4(CCCC4)O[C@@H]32)s1. The second-order valence-electron chi connectivity index (χ2n) is 8.38. The lowest BCUT2D eigenvalue weighted by Gasteiger charge is -2.26. The van der Waals surface area contributed by atoms with E-state index in [-0.39, 0.29) is 24.9 Å². The first kappa shape index (κ1) is 22.7. The molecule has 1 spiro atoms. The quantitative estimate of drug-likeness (QED) is 0.452. The Morgan fingerprint density at radius 1 is 1.15 bits per heavy atom. The standard InChI is InChI=1S/C21H22ClN5O5S2/c22-12-5-3-11(4-6-12)17-24-14(27-32-17)9-28-18-16-15(30-21(31-16)7-1-2-8-21)13(29-18)10-33-20-26-25-19(23)34-20/h3-6,13,15-16,18H,1-2,7-10H2,(H2,23,25)/t13-,15-,16-,18-/m1/s1. The van der Waals surface area contributed by atoms with Crippen LogP contribution in [0.2, 0.25) is 5.02 Å². The number of hydrogen-bond donors (Lipinski definition) is 1. The van der Waals surface area contributed by atoms with Gasteiger partial charge in [0.1, 0.15) is 18.8 Å². The summed E-state index contributed by atoms with van der Waals surface area (Å²) in [5.41, 5.74) is 6.48. The molecular formula is C21H22ClN5O5S2. The molecule has 0 unspecified atom stereocenters. The predicted octanol–water partition coefficient (Wildman–Crippen LogP) is 3.91. The van der Waals surface area contributed by atoms with Crippen molar-refractivity contribution < 1.29 is 23.5 Å². The van der Waals surface area contributed by atoms with E-state index >= 15 is 0 Å². The van der Waals surface area contributed by atoms with Crippen LogP contribution >= 0.6 is 34.7 Å². The number of benzene rings is 1. The van der Waals surface area contributed by atoms with Gasteiger partial charge >= 0.3 is 0 Å². The Labute approximate surface area is 208 Å². The lowest BCUT2D eigenvalue weighted by molar-refractivity contribution is -0.244. The highest BCUT2D eigenvalue weighted by Crippen LogP contribution is 2.47. The Morgan fingerprint density at radius 2 is 1.94 bits per heavy atom. The zero-order chi connectivity index (χ0) is 23.1. The van der Waals surface area contributed by atoms with Crippen molar-refractivity contribution in [1.82, 2.24) is 20.3 Å². The second kappa shape index (κ2) is 9.34. The van der Waals surface area contributed by atoms with E-state index in [1.807, 2.05) is 12.1 Å². The fourth-order valence-corrected chi connectivity index (χ4v) is 6.35. The summed E-state index contributed by atoms with van der Waals surface area (Å²) in [6.07, 6.45) is 2.56. The fraction of sp³-hybridized carbons (Fsp3) is 0.524. The third kappa shape index (κ3) is 4.55. The van der Waals surface area contributed by atoms with Gasteiger partial charge in [0.25, 0.3) is 5.89 Å². The van der Waals surface area contributed by atoms with Crippen molar-refractivity contribution in [2.45, 2.75) is 67.0 Å². The normalized spacial score (nSPS) is 27.6. The summed E-state index contributed by atoms with van der Waals surface area (Å²) in [7, 11) is 0. The summed E-state index contributed by atoms with van der Waals surface area (Å²) in [4.78, 5) is 4.42. The van der Waals surface area contributed by atoms with Crippen LogP contribution in [0.3, 0.4) is 0 Å². The van der Waals surface area contributed by atoms with Gasteiger partial charge < -0.3 is 29.2 Å². The van der Waals surface area contributed by atoms with Crippen LogP contribution in [-0.2, 0) is 25.6 Å². The van der Waals surface area contributed by atoms with Gasteiger partial charge in [-0.25, -0.2) is 0 Å². The van der Waals surface area contributed by atoms with Crippen LogP contribution in [0.4, 0.5) is 5.13 Å². The summed E-state index contributed by atoms with van der Waals surface area (Å²) in [5.74, 6) is 0.904. The van der Waals surface area contributed by atoms with E-state index in [0.29, 0.717) is 27.6 Å². The molecule has 0 radical (unpaired) electrons. The number of nitrogens with zero attached hydrogens (tertiary/aromatic N) is 4. The van der Waals surface area contributed by atoms with Crippen molar-refractivity contribution in [2.24, 2.45) is 0 Å². The maximum atomic E-state index is 6.44. The van der Waals surface area contributed by atoms with Gasteiger partial charge in [0.15, 0.2) is 22.2 Å². The van der Waals surface area contributed by atoms with Crippen LogP contribution < -0.4 is 5.73 Å². The monoisotopic (exact) mass is 523 g/mol. The minimum absolute atomic E-state index is 0.119. The molecule has 0 bridgehead atoms. The maximum absolute atomic E-state index is 6.44.